The number of fused-ring (bicyclic) bond motifs is 2. The van der Waals surface area contributed by atoms with Gasteiger partial charge in [0.25, 0.3) is 11.8 Å². The average molecular weight is 398 g/mol. The quantitative estimate of drug-likeness (QED) is 0.676. The summed E-state index contributed by atoms with van der Waals surface area (Å²) in [4.78, 5) is 26.3. The molecule has 3 N–H and O–H groups in total. The molecule has 2 aromatic heterocycles. The van der Waals surface area contributed by atoms with Crippen LogP contribution in [-0.2, 0) is 24.2 Å². The second-order valence-corrected chi connectivity index (χ2v) is 8.32. The van der Waals surface area contributed by atoms with Crippen LogP contribution in [-0.4, -0.2) is 18.9 Å². The van der Waals surface area contributed by atoms with Crippen LogP contribution in [0.15, 0.2) is 28.7 Å². The summed E-state index contributed by atoms with van der Waals surface area (Å²) in [6, 6.07) is 7.44. The Labute approximate surface area is 166 Å². The molecule has 1 aromatic carbocycles. The van der Waals surface area contributed by atoms with Crippen LogP contribution in [0.5, 0.6) is 0 Å². The molecule has 146 valence electrons. The molecule has 0 fully saturated rings. The fourth-order valence-electron chi connectivity index (χ4n) is 3.83. The zero-order valence-corrected chi connectivity index (χ0v) is 16.7. The van der Waals surface area contributed by atoms with E-state index < -0.39 is 11.8 Å². The van der Waals surface area contributed by atoms with Gasteiger partial charge in [0, 0.05) is 22.9 Å². The average Bonchev–Trinajstić information content (AvgIpc) is 3.20. The van der Waals surface area contributed by atoms with Crippen LogP contribution in [0.3, 0.4) is 0 Å². The molecule has 1 atom stereocenters. The van der Waals surface area contributed by atoms with Gasteiger partial charge in [-0.05, 0) is 36.8 Å². The molecule has 2 heterocycles. The van der Waals surface area contributed by atoms with Crippen molar-refractivity contribution in [2.75, 3.05) is 12.4 Å². The molecule has 4 rings (SSSR count). The molecule has 1 aliphatic carbocycles. The molecule has 0 bridgehead atoms. The Balaban J connectivity index is 1.72. The lowest BCUT2D eigenvalue weighted by atomic mass is 9.88. The van der Waals surface area contributed by atoms with Crippen molar-refractivity contribution in [2.24, 2.45) is 11.7 Å². The smallest absolute Gasteiger partial charge is 0.292 e. The highest BCUT2D eigenvalue weighted by atomic mass is 32.1. The lowest BCUT2D eigenvalue weighted by Crippen LogP contribution is -2.19. The van der Waals surface area contributed by atoms with E-state index in [9.17, 15) is 9.59 Å². The summed E-state index contributed by atoms with van der Waals surface area (Å²) in [5.41, 5.74) is 8.36. The summed E-state index contributed by atoms with van der Waals surface area (Å²) in [5, 5.41) is 4.21. The zero-order chi connectivity index (χ0) is 19.8. The van der Waals surface area contributed by atoms with E-state index in [1.165, 1.54) is 11.3 Å². The minimum Gasteiger partial charge on any atom is -0.451 e. The zero-order valence-electron chi connectivity index (χ0n) is 15.8. The second kappa shape index (κ2) is 7.41. The van der Waals surface area contributed by atoms with Crippen molar-refractivity contribution in [3.05, 3.63) is 51.6 Å². The lowest BCUT2D eigenvalue weighted by Gasteiger charge is -2.18. The molecule has 2 amide bonds. The van der Waals surface area contributed by atoms with Gasteiger partial charge < -0.3 is 20.2 Å². The maximum absolute atomic E-state index is 13.0. The number of thiophene rings is 1. The second-order valence-electron chi connectivity index (χ2n) is 7.21. The molecule has 28 heavy (non-hydrogen) atoms. The topological polar surface area (TPSA) is 94.6 Å². The van der Waals surface area contributed by atoms with Crippen molar-refractivity contribution in [3.63, 3.8) is 0 Å². The summed E-state index contributed by atoms with van der Waals surface area (Å²) in [6.45, 7) is 2.44. The predicted octanol–water partition coefficient (Wildman–Crippen LogP) is 4.12. The van der Waals surface area contributed by atoms with Crippen LogP contribution < -0.4 is 11.1 Å². The predicted molar refractivity (Wildman–Crippen MR) is 109 cm³/mol. The molecule has 7 heteroatoms. The number of nitrogens with two attached hydrogens (primary N) is 1. The van der Waals surface area contributed by atoms with Crippen LogP contribution in [0.4, 0.5) is 5.00 Å². The number of primary amides is 1. The van der Waals surface area contributed by atoms with Gasteiger partial charge in [-0.2, -0.15) is 0 Å². The normalized spacial score (nSPS) is 16.1. The SMILES string of the molecule is COCc1c(C(=O)Nc2sc3c(c2C(N)=O)CC[C@@H](C)C3)oc2ccccc12. The van der Waals surface area contributed by atoms with Crippen molar-refractivity contribution in [2.45, 2.75) is 32.8 Å². The summed E-state index contributed by atoms with van der Waals surface area (Å²) in [5.74, 6) is -0.168. The van der Waals surface area contributed by atoms with Gasteiger partial charge >= 0.3 is 0 Å². The summed E-state index contributed by atoms with van der Waals surface area (Å²) < 4.78 is 11.1. The Bertz CT molecular complexity index is 1070. The Morgan fingerprint density at radius 3 is 2.89 bits per heavy atom. The van der Waals surface area contributed by atoms with Gasteiger partial charge in [0.15, 0.2) is 5.76 Å². The first kappa shape index (κ1) is 18.7. The number of rotatable bonds is 5. The van der Waals surface area contributed by atoms with Crippen molar-refractivity contribution < 1.29 is 18.7 Å². The highest BCUT2D eigenvalue weighted by Crippen LogP contribution is 2.40. The molecule has 0 unspecified atom stereocenters. The van der Waals surface area contributed by atoms with E-state index in [0.29, 0.717) is 27.6 Å². The Kier molecular flexibility index (Phi) is 4.95. The number of para-hydroxylation sites is 1. The van der Waals surface area contributed by atoms with Crippen molar-refractivity contribution in [1.82, 2.24) is 0 Å². The third-order valence-corrected chi connectivity index (χ3v) is 6.35. The van der Waals surface area contributed by atoms with Gasteiger partial charge in [0.2, 0.25) is 0 Å². The summed E-state index contributed by atoms with van der Waals surface area (Å²) >= 11 is 1.44. The Hall–Kier alpha value is -2.64. The van der Waals surface area contributed by atoms with E-state index in [2.05, 4.69) is 12.2 Å². The van der Waals surface area contributed by atoms with E-state index in [0.717, 1.165) is 35.1 Å². The lowest BCUT2D eigenvalue weighted by molar-refractivity contribution is 0.0992. The van der Waals surface area contributed by atoms with Crippen molar-refractivity contribution >= 4 is 39.1 Å². The molecular weight excluding hydrogens is 376 g/mol. The van der Waals surface area contributed by atoms with Gasteiger partial charge in [0.1, 0.15) is 10.6 Å². The number of benzene rings is 1. The number of hydrogen-bond donors (Lipinski definition) is 2. The van der Waals surface area contributed by atoms with Crippen LogP contribution >= 0.6 is 11.3 Å². The summed E-state index contributed by atoms with van der Waals surface area (Å²) in [7, 11) is 1.57. The number of furan rings is 1. The highest BCUT2D eigenvalue weighted by Gasteiger charge is 2.29. The van der Waals surface area contributed by atoms with E-state index >= 15 is 0 Å². The molecule has 0 saturated carbocycles. The van der Waals surface area contributed by atoms with Crippen molar-refractivity contribution in [1.29, 1.82) is 0 Å². The number of anilines is 1. The molecule has 3 aromatic rings. The van der Waals surface area contributed by atoms with Gasteiger partial charge in [-0.15, -0.1) is 11.3 Å². The van der Waals surface area contributed by atoms with Crippen LogP contribution in [0.2, 0.25) is 0 Å². The fourth-order valence-corrected chi connectivity index (χ4v) is 5.24. The van der Waals surface area contributed by atoms with Crippen LogP contribution in [0.1, 0.15) is 50.3 Å². The number of hydrogen-bond acceptors (Lipinski definition) is 5. The first-order valence-electron chi connectivity index (χ1n) is 9.24. The Morgan fingerprint density at radius 1 is 1.36 bits per heavy atom. The molecular formula is C21H22N2O4S. The molecule has 6 nitrogen and oxygen atoms in total. The molecule has 0 saturated heterocycles. The number of nitrogens with one attached hydrogen (secondary N) is 1. The van der Waals surface area contributed by atoms with Gasteiger partial charge in [-0.3, -0.25) is 9.59 Å². The third kappa shape index (κ3) is 3.21. The van der Waals surface area contributed by atoms with Gasteiger partial charge in [-0.1, -0.05) is 25.1 Å². The number of carbonyl (C=O) groups is 2. The van der Waals surface area contributed by atoms with Crippen LogP contribution in [0.25, 0.3) is 11.0 Å². The van der Waals surface area contributed by atoms with Gasteiger partial charge in [-0.25, -0.2) is 0 Å². The number of ether oxygens (including phenoxy) is 1. The fraction of sp³-hybridized carbons (Fsp3) is 0.333. The number of methoxy groups -OCH3 is 1. The van der Waals surface area contributed by atoms with E-state index in [1.54, 1.807) is 7.11 Å². The first-order chi connectivity index (χ1) is 13.5. The minimum atomic E-state index is -0.510. The van der Waals surface area contributed by atoms with Gasteiger partial charge in [0.05, 0.1) is 12.2 Å². The molecule has 0 spiro atoms. The van der Waals surface area contributed by atoms with Crippen molar-refractivity contribution in [3.8, 4) is 0 Å². The van der Waals surface area contributed by atoms with Crippen LogP contribution in [0, 0.1) is 5.92 Å². The maximum atomic E-state index is 13.0. The number of carbonyl (C=O) groups excluding carboxylic acids is 2. The monoisotopic (exact) mass is 398 g/mol. The molecule has 0 radical (unpaired) electrons. The third-order valence-electron chi connectivity index (χ3n) is 5.18. The summed E-state index contributed by atoms with van der Waals surface area (Å²) in [6.07, 6.45) is 2.72. The first-order valence-corrected chi connectivity index (χ1v) is 10.1. The highest BCUT2D eigenvalue weighted by molar-refractivity contribution is 7.17. The maximum Gasteiger partial charge on any atom is 0.292 e. The number of amides is 2. The molecule has 1 aliphatic rings. The van der Waals surface area contributed by atoms with E-state index in [-0.39, 0.29) is 12.4 Å². The standard InChI is InChI=1S/C21H22N2O4S/c1-11-7-8-13-16(9-11)28-21(17(13)19(22)24)23-20(25)18-14(10-26-2)12-5-3-4-6-15(12)27-18/h3-6,11H,7-10H2,1-2H3,(H2,22,24)(H,23,25)/t11-/m1/s1. The van der Waals surface area contributed by atoms with E-state index in [1.807, 2.05) is 24.3 Å². The Morgan fingerprint density at radius 2 is 2.14 bits per heavy atom. The van der Waals surface area contributed by atoms with E-state index in [4.69, 9.17) is 14.9 Å². The minimum absolute atomic E-state index is 0.193. The largest absolute Gasteiger partial charge is 0.451 e. The molecule has 0 aliphatic heterocycles.